The molecule has 12 heteroatoms. The average molecular weight is 600 g/mol. The molecule has 3 unspecified atom stereocenters. The smallest absolute Gasteiger partial charge is 0.264 e. The van der Waals surface area contributed by atoms with Gasteiger partial charge in [-0.05, 0) is 32.0 Å². The van der Waals surface area contributed by atoms with Crippen molar-refractivity contribution < 1.29 is 9.53 Å². The number of ether oxygens (including phenoxy) is 1. The summed E-state index contributed by atoms with van der Waals surface area (Å²) in [6.45, 7) is 5.64. The number of pyridine rings is 2. The van der Waals surface area contributed by atoms with Crippen LogP contribution in [0.4, 0.5) is 5.82 Å². The number of hydrogen-bond donors (Lipinski definition) is 4. The van der Waals surface area contributed by atoms with Gasteiger partial charge < -0.3 is 25.7 Å². The monoisotopic (exact) mass is 599 g/mol. The Labute approximate surface area is 251 Å². The number of morpholine rings is 1. The molecule has 1 amide bonds. The van der Waals surface area contributed by atoms with Crippen LogP contribution in [-0.4, -0.2) is 57.3 Å². The summed E-state index contributed by atoms with van der Waals surface area (Å²) in [5.74, 6) is -0.102. The van der Waals surface area contributed by atoms with Crippen molar-refractivity contribution in [2.24, 2.45) is 0 Å². The van der Waals surface area contributed by atoms with E-state index in [-0.39, 0.29) is 38.9 Å². The van der Waals surface area contributed by atoms with Crippen LogP contribution in [0.15, 0.2) is 76.7 Å². The molecule has 43 heavy (non-hydrogen) atoms. The molecule has 6 rings (SSSR count). The summed E-state index contributed by atoms with van der Waals surface area (Å²) in [5, 5.41) is 10.7. The van der Waals surface area contributed by atoms with E-state index in [0.29, 0.717) is 41.4 Å². The molecule has 0 aliphatic carbocycles. The number of aromatic amines is 1. The number of amides is 1. The molecule has 2 aromatic carbocycles. The maximum Gasteiger partial charge on any atom is 0.264 e. The predicted molar refractivity (Wildman–Crippen MR) is 166 cm³/mol. The highest BCUT2D eigenvalue weighted by atomic mass is 35.5. The number of hydrogen-bond acceptors (Lipinski definition) is 8. The van der Waals surface area contributed by atoms with E-state index >= 15 is 0 Å². The lowest BCUT2D eigenvalue weighted by Gasteiger charge is -2.29. The number of H-pyrrole nitrogens is 1. The maximum atomic E-state index is 14.4. The Kier molecular flexibility index (Phi) is 7.94. The lowest BCUT2D eigenvalue weighted by molar-refractivity contribution is 0.00861. The zero-order valence-electron chi connectivity index (χ0n) is 23.6. The third kappa shape index (κ3) is 5.38. The highest BCUT2D eigenvalue weighted by Crippen LogP contribution is 2.34. The molecule has 11 nitrogen and oxygen atoms in total. The van der Waals surface area contributed by atoms with Crippen molar-refractivity contribution in [3.05, 3.63) is 104 Å². The first-order valence-electron chi connectivity index (χ1n) is 14.0. The zero-order chi connectivity index (χ0) is 30.1. The fraction of sp³-hybridized carbons (Fsp3) is 0.258. The number of carbonyl (C=O) groups is 1. The second-order valence-corrected chi connectivity index (χ2v) is 10.8. The average Bonchev–Trinajstić information content (AvgIpc) is 3.03. The minimum absolute atomic E-state index is 0.194. The molecule has 1 aliphatic rings. The number of fused-ring (bicyclic) bond motifs is 2. The second-order valence-electron chi connectivity index (χ2n) is 10.4. The molecule has 0 spiro atoms. The van der Waals surface area contributed by atoms with Gasteiger partial charge in [-0.1, -0.05) is 41.9 Å². The van der Waals surface area contributed by atoms with Gasteiger partial charge in [0.25, 0.3) is 11.5 Å². The quantitative estimate of drug-likeness (QED) is 0.222. The number of rotatable bonds is 7. The topological polar surface area (TPSA) is 143 Å². The van der Waals surface area contributed by atoms with E-state index < -0.39 is 17.5 Å². The van der Waals surface area contributed by atoms with E-state index in [1.54, 1.807) is 30.3 Å². The van der Waals surface area contributed by atoms with Crippen LogP contribution >= 0.6 is 11.6 Å². The van der Waals surface area contributed by atoms with Gasteiger partial charge in [0.15, 0.2) is 5.43 Å². The molecule has 220 valence electrons. The van der Waals surface area contributed by atoms with Crippen LogP contribution in [-0.2, 0) is 4.74 Å². The Morgan fingerprint density at radius 2 is 1.88 bits per heavy atom. The first-order valence-corrected chi connectivity index (χ1v) is 14.4. The normalized spacial score (nSPS) is 16.6. The largest absolute Gasteiger partial charge is 0.373 e. The van der Waals surface area contributed by atoms with Gasteiger partial charge in [-0.2, -0.15) is 0 Å². The summed E-state index contributed by atoms with van der Waals surface area (Å²) in [4.78, 5) is 52.2. The fourth-order valence-corrected chi connectivity index (χ4v) is 5.91. The molecule has 4 N–H and O–H groups in total. The van der Waals surface area contributed by atoms with Crippen molar-refractivity contribution >= 4 is 45.1 Å². The number of benzene rings is 2. The first-order chi connectivity index (χ1) is 20.8. The number of nitrogens with one attached hydrogen (secondary N) is 4. The van der Waals surface area contributed by atoms with E-state index in [2.05, 4.69) is 30.9 Å². The van der Waals surface area contributed by atoms with Crippen LogP contribution in [0.1, 0.15) is 35.9 Å². The summed E-state index contributed by atoms with van der Waals surface area (Å²) in [6, 6.07) is 14.6. The molecule has 0 radical (unpaired) electrons. The van der Waals surface area contributed by atoms with Gasteiger partial charge in [-0.3, -0.25) is 19.0 Å². The van der Waals surface area contributed by atoms with Crippen molar-refractivity contribution in [1.29, 1.82) is 0 Å². The number of para-hydroxylation sites is 1. The molecule has 4 heterocycles. The van der Waals surface area contributed by atoms with E-state index in [1.165, 1.54) is 23.2 Å². The summed E-state index contributed by atoms with van der Waals surface area (Å²) in [6.07, 6.45) is 2.67. The molecule has 1 saturated heterocycles. The number of anilines is 1. The third-order valence-electron chi connectivity index (χ3n) is 7.63. The van der Waals surface area contributed by atoms with Gasteiger partial charge in [-0.15, -0.1) is 0 Å². The van der Waals surface area contributed by atoms with Crippen LogP contribution < -0.4 is 26.9 Å². The minimum Gasteiger partial charge on any atom is -0.373 e. The van der Waals surface area contributed by atoms with Crippen LogP contribution in [0, 0.1) is 0 Å². The number of aromatic nitrogens is 4. The van der Waals surface area contributed by atoms with Crippen molar-refractivity contribution in [3.8, 4) is 5.69 Å². The van der Waals surface area contributed by atoms with E-state index in [0.717, 1.165) is 6.54 Å². The zero-order valence-corrected chi connectivity index (χ0v) is 24.3. The molecule has 3 aromatic heterocycles. The number of halogens is 1. The highest BCUT2D eigenvalue weighted by molar-refractivity contribution is 6.36. The van der Waals surface area contributed by atoms with Gasteiger partial charge in [0.05, 0.1) is 46.5 Å². The van der Waals surface area contributed by atoms with Crippen LogP contribution in [0.25, 0.3) is 27.5 Å². The molecule has 0 saturated carbocycles. The van der Waals surface area contributed by atoms with E-state index in [4.69, 9.17) is 16.3 Å². The van der Waals surface area contributed by atoms with Gasteiger partial charge in [0.1, 0.15) is 23.2 Å². The Morgan fingerprint density at radius 1 is 1.07 bits per heavy atom. The SMILES string of the molecule is CC(Nc1ncnc2[nH]ccc(=O)c12)c1c(Cl)c2cccc(C(=O)NC(C)C3CNCCO3)c2c(=O)n1-c1ccccc1. The van der Waals surface area contributed by atoms with Crippen molar-refractivity contribution in [3.63, 3.8) is 0 Å². The highest BCUT2D eigenvalue weighted by Gasteiger charge is 2.27. The summed E-state index contributed by atoms with van der Waals surface area (Å²) in [7, 11) is 0. The Balaban J connectivity index is 1.49. The fourth-order valence-electron chi connectivity index (χ4n) is 5.50. The maximum absolute atomic E-state index is 14.4. The van der Waals surface area contributed by atoms with Gasteiger partial charge in [0.2, 0.25) is 0 Å². The molecule has 3 atom stereocenters. The molecule has 1 fully saturated rings. The summed E-state index contributed by atoms with van der Waals surface area (Å²) in [5.41, 5.74) is 0.932. The second kappa shape index (κ2) is 12.0. The standard InChI is InChI=1S/C31H30ClN7O4/c1-17(23-15-33-13-14-43-23)38-30(41)21-10-6-9-20-24(21)31(42)39(19-7-4-3-5-8-19)27(26(20)32)18(2)37-29-25-22(40)11-12-34-28(25)35-16-36-29/h3-12,16-18,23,33H,13-15H2,1-2H3,(H,38,41)(H2,34,35,36,37,40). The molecule has 5 aromatic rings. The number of nitrogens with zero attached hydrogens (tertiary/aromatic N) is 3. The third-order valence-corrected chi connectivity index (χ3v) is 8.02. The van der Waals surface area contributed by atoms with Crippen molar-refractivity contribution in [1.82, 2.24) is 30.2 Å². The lowest BCUT2D eigenvalue weighted by atomic mass is 10.0. The molecule has 1 aliphatic heterocycles. The minimum atomic E-state index is -0.601. The van der Waals surface area contributed by atoms with Gasteiger partial charge in [-0.25, -0.2) is 9.97 Å². The van der Waals surface area contributed by atoms with Gasteiger partial charge >= 0.3 is 0 Å². The van der Waals surface area contributed by atoms with Crippen LogP contribution in [0.3, 0.4) is 0 Å². The Morgan fingerprint density at radius 3 is 2.65 bits per heavy atom. The lowest BCUT2D eigenvalue weighted by Crippen LogP contribution is -2.50. The molecule has 0 bridgehead atoms. The van der Waals surface area contributed by atoms with Crippen molar-refractivity contribution in [2.75, 3.05) is 25.0 Å². The Hall–Kier alpha value is -4.58. The summed E-state index contributed by atoms with van der Waals surface area (Å²) < 4.78 is 7.31. The molecular weight excluding hydrogens is 570 g/mol. The van der Waals surface area contributed by atoms with Gasteiger partial charge in [0, 0.05) is 36.4 Å². The van der Waals surface area contributed by atoms with Crippen LogP contribution in [0.2, 0.25) is 5.02 Å². The Bertz CT molecular complexity index is 1930. The summed E-state index contributed by atoms with van der Waals surface area (Å²) >= 11 is 7.12. The first kappa shape index (κ1) is 28.5. The predicted octanol–water partition coefficient (Wildman–Crippen LogP) is 3.56. The van der Waals surface area contributed by atoms with Crippen LogP contribution in [0.5, 0.6) is 0 Å². The number of carbonyl (C=O) groups excluding carboxylic acids is 1. The molecular formula is C31H30ClN7O4. The van der Waals surface area contributed by atoms with E-state index in [9.17, 15) is 14.4 Å². The van der Waals surface area contributed by atoms with E-state index in [1.807, 2.05) is 32.0 Å². The van der Waals surface area contributed by atoms with Crippen molar-refractivity contribution in [2.45, 2.75) is 32.0 Å².